The lowest BCUT2D eigenvalue weighted by atomic mass is 9.99. The van der Waals surface area contributed by atoms with Crippen LogP contribution in [0, 0.1) is 11.8 Å². The normalized spacial score (nSPS) is 21.5. The molecular formula is C62H76N10O14. The standard InChI is InChI=1S/C35H41N5O8.C27H35N5O6/c1-44-31-18-26(38-34(42)37-24-10-11-25(16-24)39-35(43)47-20-22-6-3-2-4-7-22)17-29(40-31)28-8-5-9-30-32(28)48-27(21-46-30)19-36-33(41)23-12-14-45-15-13-23;1-35-24-13-19(31-27(34)30-18-6-5-17(28)11-18)12-22(32-24)21-3-2-4-23-25(21)38-20(15-37-23)14-29-26(33)16-7-9-36-10-8-16/h2-9,17-18,23-25,27H,10-16,19-21H2,1H3,(H,36,41)(H,39,43)(H2,37,38,40,42);2-4,12-13,16-18,20H,5-11,14-15,28H2,1H3,(H,29,33)(H2,30,31,32,34)/t24-,25+,27?;17-,18+,20?/m10/s1. The Balaban J connectivity index is 0.000000196. The maximum Gasteiger partial charge on any atom is 0.407 e. The first kappa shape index (κ1) is 60.5. The molecule has 2 aromatic heterocycles. The minimum Gasteiger partial charge on any atom is -0.486 e. The summed E-state index contributed by atoms with van der Waals surface area (Å²) in [6.07, 6.45) is 6.19. The third-order valence-electron chi connectivity index (χ3n) is 15.8. The Morgan fingerprint density at radius 3 is 1.51 bits per heavy atom. The van der Waals surface area contributed by atoms with Crippen molar-refractivity contribution < 1.29 is 66.6 Å². The first-order valence-corrected chi connectivity index (χ1v) is 29.5. The molecule has 24 nitrogen and oxygen atoms in total. The molecule has 2 aliphatic carbocycles. The zero-order chi connectivity index (χ0) is 59.8. The van der Waals surface area contributed by atoms with Crippen molar-refractivity contribution in [3.63, 3.8) is 0 Å². The molecule has 0 radical (unpaired) electrons. The van der Waals surface area contributed by atoms with Crippen LogP contribution in [0.15, 0.2) is 91.0 Å². The number of urea groups is 2. The Hall–Kier alpha value is -8.61. The second-order valence-corrected chi connectivity index (χ2v) is 22.1. The van der Waals surface area contributed by atoms with Gasteiger partial charge < -0.3 is 85.6 Å². The number of pyridine rings is 2. The molecule has 7 amide bonds. The number of hydrogen-bond acceptors (Lipinski definition) is 17. The van der Waals surface area contributed by atoms with Gasteiger partial charge in [-0.15, -0.1) is 0 Å². The molecule has 0 spiro atoms. The minimum atomic E-state index is -0.478. The zero-order valence-corrected chi connectivity index (χ0v) is 48.4. The van der Waals surface area contributed by atoms with Crippen molar-refractivity contribution in [2.24, 2.45) is 17.6 Å². The van der Waals surface area contributed by atoms with Crippen molar-refractivity contribution in [2.75, 3.05) is 77.6 Å². The van der Waals surface area contributed by atoms with E-state index >= 15 is 0 Å². The van der Waals surface area contributed by atoms with E-state index in [9.17, 15) is 24.0 Å². The second kappa shape index (κ2) is 29.5. The van der Waals surface area contributed by atoms with E-state index in [1.54, 1.807) is 24.3 Å². The number of ether oxygens (including phenoxy) is 9. The van der Waals surface area contributed by atoms with E-state index in [4.69, 9.17) is 48.4 Å². The van der Waals surface area contributed by atoms with E-state index in [0.717, 1.165) is 44.1 Å². The largest absolute Gasteiger partial charge is 0.486 e. The van der Waals surface area contributed by atoms with Gasteiger partial charge in [0.25, 0.3) is 0 Å². The number of aromatic nitrogens is 2. The summed E-state index contributed by atoms with van der Waals surface area (Å²) in [5.74, 6) is 2.73. The number of methoxy groups -OCH3 is 2. The molecule has 5 aromatic rings. The van der Waals surface area contributed by atoms with Crippen LogP contribution in [0.25, 0.3) is 22.5 Å². The van der Waals surface area contributed by atoms with Gasteiger partial charge in [0, 0.05) is 97.1 Å². The Morgan fingerprint density at radius 2 is 1.03 bits per heavy atom. The average Bonchev–Trinajstić information content (AvgIpc) is 3.40. The quantitative estimate of drug-likeness (QED) is 0.0472. The third kappa shape index (κ3) is 16.6. The van der Waals surface area contributed by atoms with Crippen molar-refractivity contribution in [2.45, 2.75) is 107 Å². The molecule has 6 heterocycles. The van der Waals surface area contributed by atoms with Crippen LogP contribution >= 0.6 is 0 Å². The molecule has 6 atom stereocenters. The predicted molar refractivity (Wildman–Crippen MR) is 316 cm³/mol. The summed E-state index contributed by atoms with van der Waals surface area (Å²) in [5, 5.41) is 20.6. The van der Waals surface area contributed by atoms with Gasteiger partial charge in [0.2, 0.25) is 23.6 Å². The highest BCUT2D eigenvalue weighted by atomic mass is 16.6. The van der Waals surface area contributed by atoms with Crippen LogP contribution in [0.2, 0.25) is 0 Å². The number of rotatable bonds is 17. The average molecular weight is 1190 g/mol. The number of nitrogens with two attached hydrogens (primary N) is 1. The van der Waals surface area contributed by atoms with Gasteiger partial charge >= 0.3 is 18.2 Å². The number of anilines is 2. The Bertz CT molecular complexity index is 3150. The lowest BCUT2D eigenvalue weighted by molar-refractivity contribution is -0.129. The number of para-hydroxylation sites is 2. The number of fused-ring (bicyclic) bond motifs is 2. The highest BCUT2D eigenvalue weighted by Crippen LogP contribution is 2.43. The molecule has 0 bridgehead atoms. The molecule has 2 saturated carbocycles. The number of carbonyl (C=O) groups is 5. The number of carbonyl (C=O) groups excluding carboxylic acids is 5. The zero-order valence-electron chi connectivity index (χ0n) is 48.4. The first-order valence-electron chi connectivity index (χ1n) is 29.5. The number of amides is 7. The fraction of sp³-hybridized carbons (Fsp3) is 0.468. The lowest BCUT2D eigenvalue weighted by Gasteiger charge is -2.29. The summed E-state index contributed by atoms with van der Waals surface area (Å²) in [4.78, 5) is 72.4. The topological polar surface area (TPSA) is 304 Å². The van der Waals surface area contributed by atoms with Crippen LogP contribution in [-0.4, -0.2) is 143 Å². The third-order valence-corrected chi connectivity index (χ3v) is 15.8. The molecule has 6 aliphatic rings. The minimum absolute atomic E-state index is 0.00448. The molecule has 4 fully saturated rings. The maximum absolute atomic E-state index is 13.0. The Labute approximate surface area is 498 Å². The molecule has 86 heavy (non-hydrogen) atoms. The van der Waals surface area contributed by atoms with Gasteiger partial charge in [0.05, 0.1) is 38.7 Å². The summed E-state index contributed by atoms with van der Waals surface area (Å²) < 4.78 is 51.5. The summed E-state index contributed by atoms with van der Waals surface area (Å²) in [7, 11) is 3.02. The summed E-state index contributed by atoms with van der Waals surface area (Å²) in [5.41, 5.74) is 10.3. The van der Waals surface area contributed by atoms with Crippen molar-refractivity contribution >= 4 is 41.3 Å². The molecule has 4 aliphatic heterocycles. The Kier molecular flexibility index (Phi) is 20.7. The van der Waals surface area contributed by atoms with Crippen molar-refractivity contribution in [1.82, 2.24) is 36.6 Å². The second-order valence-electron chi connectivity index (χ2n) is 22.1. The predicted octanol–water partition coefficient (Wildman–Crippen LogP) is 6.85. The highest BCUT2D eigenvalue weighted by molar-refractivity contribution is 5.92. The van der Waals surface area contributed by atoms with Crippen LogP contribution in [-0.2, 0) is 30.4 Å². The molecule has 2 saturated heterocycles. The first-order chi connectivity index (χ1) is 41.9. The van der Waals surface area contributed by atoms with Crippen molar-refractivity contribution in [1.29, 1.82) is 0 Å². The number of benzene rings is 3. The lowest BCUT2D eigenvalue weighted by Crippen LogP contribution is -2.43. The van der Waals surface area contributed by atoms with E-state index < -0.39 is 12.2 Å². The van der Waals surface area contributed by atoms with E-state index in [0.29, 0.717) is 140 Å². The van der Waals surface area contributed by atoms with Crippen LogP contribution < -0.4 is 71.4 Å². The van der Waals surface area contributed by atoms with Crippen molar-refractivity contribution in [3.8, 4) is 57.3 Å². The number of hydrogen-bond donors (Lipinski definition) is 8. The van der Waals surface area contributed by atoms with Gasteiger partial charge in [-0.05, 0) is 106 Å². The van der Waals surface area contributed by atoms with Gasteiger partial charge in [0.1, 0.15) is 32.0 Å². The van der Waals surface area contributed by atoms with Gasteiger partial charge in [-0.1, -0.05) is 42.5 Å². The summed E-state index contributed by atoms with van der Waals surface area (Å²) in [6, 6.07) is 26.6. The van der Waals surface area contributed by atoms with Crippen molar-refractivity contribution in [3.05, 3.63) is 96.6 Å². The molecule has 24 heteroatoms. The van der Waals surface area contributed by atoms with E-state index in [1.807, 2.05) is 66.7 Å². The smallest absolute Gasteiger partial charge is 0.407 e. The van der Waals surface area contributed by atoms with Crippen LogP contribution in [0.4, 0.5) is 25.8 Å². The molecule has 3 aromatic carbocycles. The molecule has 11 rings (SSSR count). The Morgan fingerprint density at radius 1 is 0.558 bits per heavy atom. The molecule has 9 N–H and O–H groups in total. The molecular weight excluding hydrogens is 1110 g/mol. The number of nitrogens with one attached hydrogen (secondary N) is 7. The number of alkyl carbamates (subject to hydrolysis) is 1. The number of nitrogens with zero attached hydrogens (tertiary/aromatic N) is 2. The summed E-state index contributed by atoms with van der Waals surface area (Å²) in [6.45, 7) is 3.83. The van der Waals surface area contributed by atoms with Crippen LogP contribution in [0.1, 0.15) is 69.8 Å². The maximum atomic E-state index is 13.0. The monoisotopic (exact) mass is 1180 g/mol. The van der Waals surface area contributed by atoms with E-state index in [-0.39, 0.29) is 79.2 Å². The van der Waals surface area contributed by atoms with Crippen LogP contribution in [0.3, 0.4) is 0 Å². The fourth-order valence-electron chi connectivity index (χ4n) is 11.2. The molecule has 2 unspecified atom stereocenters. The highest BCUT2D eigenvalue weighted by Gasteiger charge is 2.32. The van der Waals surface area contributed by atoms with Gasteiger partial charge in [-0.2, -0.15) is 0 Å². The SMILES string of the molecule is COc1cc(NC(=O)N[C@@H]2CC[C@H](N)C2)cc(-c2cccc3c2OC(CNC(=O)C2CCOCC2)CO3)n1.COc1cc(NC(=O)N[C@@H]2CC[C@H](NC(=O)OCc3ccccc3)C2)cc(-c2cccc3c2OC(CNC(=O)C2CCOCC2)CO3)n1. The van der Waals surface area contributed by atoms with E-state index in [2.05, 4.69) is 47.2 Å². The fourth-order valence-corrected chi connectivity index (χ4v) is 11.2. The summed E-state index contributed by atoms with van der Waals surface area (Å²) >= 11 is 0. The van der Waals surface area contributed by atoms with E-state index in [1.165, 1.54) is 14.2 Å². The molecule has 458 valence electrons. The van der Waals surface area contributed by atoms with Crippen LogP contribution in [0.5, 0.6) is 34.8 Å². The van der Waals surface area contributed by atoms with Gasteiger partial charge in [0.15, 0.2) is 23.0 Å². The van der Waals surface area contributed by atoms with Gasteiger partial charge in [-0.25, -0.2) is 24.4 Å². The van der Waals surface area contributed by atoms with Gasteiger partial charge in [-0.3, -0.25) is 9.59 Å².